The number of carbonyl (C=O) groups is 6. The Bertz CT molecular complexity index is 820. The Kier molecular flexibility index (Phi) is 10.7. The molecule has 0 saturated carbocycles. The quantitative estimate of drug-likeness (QED) is 0.0932. The zero-order chi connectivity index (χ0) is 26.2. The topological polar surface area (TPSA) is 256 Å². The number of unbranched alkanes of at least 4 members (excludes halogenated alkanes) is 1. The number of hydrogen-bond acceptors (Lipinski definition) is 10. The number of rotatable bonds is 14. The Hall–Kier alpha value is -2.94. The van der Waals surface area contributed by atoms with Crippen molar-refractivity contribution in [1.29, 1.82) is 0 Å². The fraction of sp³-hybridized carbons (Fsp3) is 0.700. The minimum Gasteiger partial charge on any atom is -0.481 e. The minimum absolute atomic E-state index is 0.102. The molecule has 1 saturated heterocycles. The molecule has 0 aromatic rings. The lowest BCUT2D eigenvalue weighted by Gasteiger charge is -2.39. The van der Waals surface area contributed by atoms with Crippen molar-refractivity contribution in [2.24, 2.45) is 23.1 Å². The number of carbonyl (C=O) groups excluding carboxylic acids is 4. The monoisotopic (exact) mass is 487 g/mol. The molecule has 0 spiro atoms. The maximum Gasteiger partial charge on any atom is 0.338 e. The lowest BCUT2D eigenvalue weighted by atomic mass is 9.74. The summed E-state index contributed by atoms with van der Waals surface area (Å²) in [5.41, 5.74) is 14.0. The standard InChI is InChI=1S/C20H33N5O9/c1-10(27)25-7-5-11(16(30)13(23)9-26)20(25,19(33)34)17(31)14(4-2-3-6-21)24-18(32)12(22)8-15(28)29/h11-14,26H,2-9,21-23H2,1H3,(H,24,32)(H,28,29)(H,33,34). The van der Waals surface area contributed by atoms with E-state index in [1.54, 1.807) is 0 Å². The van der Waals surface area contributed by atoms with Crippen LogP contribution in [0.2, 0.25) is 0 Å². The first kappa shape index (κ1) is 29.1. The smallest absolute Gasteiger partial charge is 0.338 e. The molecule has 14 heteroatoms. The van der Waals surface area contributed by atoms with Gasteiger partial charge in [0.25, 0.3) is 0 Å². The predicted molar refractivity (Wildman–Crippen MR) is 116 cm³/mol. The van der Waals surface area contributed by atoms with Crippen LogP contribution in [0.3, 0.4) is 0 Å². The van der Waals surface area contributed by atoms with E-state index in [2.05, 4.69) is 5.32 Å². The number of Topliss-reactive ketones (excluding diaryl/α,β-unsaturated/α-hetero) is 2. The molecule has 0 aromatic heterocycles. The number of aliphatic carboxylic acids is 2. The van der Waals surface area contributed by atoms with Gasteiger partial charge in [0.2, 0.25) is 17.4 Å². The molecule has 1 rings (SSSR count). The summed E-state index contributed by atoms with van der Waals surface area (Å²) in [6, 6.07) is -4.54. The van der Waals surface area contributed by atoms with Gasteiger partial charge in [-0.15, -0.1) is 0 Å². The summed E-state index contributed by atoms with van der Waals surface area (Å²) in [6.07, 6.45) is -0.367. The second-order valence-corrected chi connectivity index (χ2v) is 8.19. The predicted octanol–water partition coefficient (Wildman–Crippen LogP) is -3.45. The average molecular weight is 488 g/mol. The van der Waals surface area contributed by atoms with Crippen molar-refractivity contribution in [2.45, 2.75) is 62.7 Å². The van der Waals surface area contributed by atoms with Gasteiger partial charge in [-0.1, -0.05) is 0 Å². The molecule has 1 fully saturated rings. The van der Waals surface area contributed by atoms with Crippen LogP contribution in [0.1, 0.15) is 39.0 Å². The number of nitrogens with two attached hydrogens (primary N) is 3. The molecule has 1 aliphatic rings. The number of nitrogens with zero attached hydrogens (tertiary/aromatic N) is 1. The highest BCUT2D eigenvalue weighted by molar-refractivity contribution is 6.17. The molecule has 0 aliphatic carbocycles. The SMILES string of the molecule is CC(=O)N1CCC(C(=O)C(N)CO)C1(C(=O)O)C(=O)C(CCCCN)NC(=O)C(N)CC(=O)O. The molecular formula is C20H33N5O9. The van der Waals surface area contributed by atoms with Crippen LogP contribution in [-0.4, -0.2) is 98.9 Å². The van der Waals surface area contributed by atoms with Gasteiger partial charge in [-0.2, -0.15) is 0 Å². The number of carboxylic acids is 2. The lowest BCUT2D eigenvalue weighted by Crippen LogP contribution is -2.68. The maximum absolute atomic E-state index is 13.8. The van der Waals surface area contributed by atoms with Gasteiger partial charge in [0.1, 0.15) is 0 Å². The Morgan fingerprint density at radius 1 is 1.09 bits per heavy atom. The van der Waals surface area contributed by atoms with Crippen molar-refractivity contribution in [2.75, 3.05) is 19.7 Å². The van der Waals surface area contributed by atoms with Crippen molar-refractivity contribution < 1.29 is 44.1 Å². The summed E-state index contributed by atoms with van der Waals surface area (Å²) in [5.74, 6) is -8.61. The summed E-state index contributed by atoms with van der Waals surface area (Å²) in [5, 5.41) is 30.7. The molecule has 14 nitrogen and oxygen atoms in total. The third-order valence-corrected chi connectivity index (χ3v) is 5.87. The van der Waals surface area contributed by atoms with E-state index in [0.29, 0.717) is 6.42 Å². The van der Waals surface area contributed by atoms with E-state index in [0.717, 1.165) is 11.8 Å². The van der Waals surface area contributed by atoms with Crippen LogP contribution in [0.25, 0.3) is 0 Å². The van der Waals surface area contributed by atoms with Crippen LogP contribution in [0, 0.1) is 5.92 Å². The van der Waals surface area contributed by atoms with Gasteiger partial charge in [-0.05, 0) is 32.2 Å². The molecular weight excluding hydrogens is 454 g/mol. The molecule has 2 amide bonds. The van der Waals surface area contributed by atoms with Crippen molar-refractivity contribution >= 4 is 35.3 Å². The number of nitrogens with one attached hydrogen (secondary N) is 1. The minimum atomic E-state index is -2.69. The third kappa shape index (κ3) is 6.14. The second-order valence-electron chi connectivity index (χ2n) is 8.19. The fourth-order valence-electron chi connectivity index (χ4n) is 4.20. The van der Waals surface area contributed by atoms with Gasteiger partial charge in [0, 0.05) is 13.5 Å². The highest BCUT2D eigenvalue weighted by Gasteiger charge is 2.65. The number of amides is 2. The molecule has 192 valence electrons. The first-order valence-electron chi connectivity index (χ1n) is 10.8. The molecule has 0 radical (unpaired) electrons. The number of aliphatic hydroxyl groups excluding tert-OH is 1. The molecule has 34 heavy (non-hydrogen) atoms. The highest BCUT2D eigenvalue weighted by atomic mass is 16.4. The maximum atomic E-state index is 13.8. The summed E-state index contributed by atoms with van der Waals surface area (Å²) in [6.45, 7) is 0.224. The molecule has 10 N–H and O–H groups in total. The lowest BCUT2D eigenvalue weighted by molar-refractivity contribution is -0.167. The van der Waals surface area contributed by atoms with Crippen LogP contribution in [0.5, 0.6) is 0 Å². The van der Waals surface area contributed by atoms with E-state index >= 15 is 0 Å². The van der Waals surface area contributed by atoms with Crippen LogP contribution >= 0.6 is 0 Å². The second kappa shape index (κ2) is 12.5. The van der Waals surface area contributed by atoms with Crippen LogP contribution in [0.4, 0.5) is 0 Å². The number of likely N-dealkylation sites (tertiary alicyclic amines) is 1. The summed E-state index contributed by atoms with van der Waals surface area (Å²) in [7, 11) is 0. The van der Waals surface area contributed by atoms with Gasteiger partial charge >= 0.3 is 11.9 Å². The Morgan fingerprint density at radius 2 is 1.71 bits per heavy atom. The van der Waals surface area contributed by atoms with E-state index in [9.17, 15) is 39.0 Å². The van der Waals surface area contributed by atoms with E-state index in [-0.39, 0.29) is 32.4 Å². The number of carboxylic acid groups (broad SMARTS) is 2. The Labute approximate surface area is 195 Å². The van der Waals surface area contributed by atoms with Crippen LogP contribution < -0.4 is 22.5 Å². The Morgan fingerprint density at radius 3 is 2.18 bits per heavy atom. The van der Waals surface area contributed by atoms with Crippen LogP contribution in [0.15, 0.2) is 0 Å². The zero-order valence-electron chi connectivity index (χ0n) is 18.9. The van der Waals surface area contributed by atoms with Crippen molar-refractivity contribution in [3.05, 3.63) is 0 Å². The first-order valence-corrected chi connectivity index (χ1v) is 10.8. The summed E-state index contributed by atoms with van der Waals surface area (Å²) in [4.78, 5) is 75.7. The third-order valence-electron chi connectivity index (χ3n) is 5.87. The van der Waals surface area contributed by atoms with E-state index < -0.39 is 77.9 Å². The van der Waals surface area contributed by atoms with E-state index in [1.807, 2.05) is 0 Å². The molecule has 1 heterocycles. The van der Waals surface area contributed by atoms with Gasteiger partial charge in [-0.25, -0.2) is 4.79 Å². The Balaban J connectivity index is 3.53. The highest BCUT2D eigenvalue weighted by Crippen LogP contribution is 2.39. The zero-order valence-corrected chi connectivity index (χ0v) is 18.9. The fourth-order valence-corrected chi connectivity index (χ4v) is 4.20. The van der Waals surface area contributed by atoms with Gasteiger partial charge < -0.3 is 42.7 Å². The molecule has 0 bridgehead atoms. The summed E-state index contributed by atoms with van der Waals surface area (Å²) >= 11 is 0. The van der Waals surface area contributed by atoms with E-state index in [1.165, 1.54) is 0 Å². The van der Waals surface area contributed by atoms with Crippen molar-refractivity contribution in [3.63, 3.8) is 0 Å². The average Bonchev–Trinajstić information content (AvgIpc) is 3.18. The first-order chi connectivity index (χ1) is 15.9. The van der Waals surface area contributed by atoms with Gasteiger partial charge in [-0.3, -0.25) is 24.0 Å². The molecule has 1 aliphatic heterocycles. The summed E-state index contributed by atoms with van der Waals surface area (Å²) < 4.78 is 0. The van der Waals surface area contributed by atoms with Crippen molar-refractivity contribution in [1.82, 2.24) is 10.2 Å². The number of hydrogen-bond donors (Lipinski definition) is 7. The largest absolute Gasteiger partial charge is 0.481 e. The van der Waals surface area contributed by atoms with Gasteiger partial charge in [0.15, 0.2) is 11.6 Å². The number of ketones is 2. The van der Waals surface area contributed by atoms with Crippen LogP contribution in [-0.2, 0) is 28.8 Å². The molecule has 0 aromatic carbocycles. The van der Waals surface area contributed by atoms with Gasteiger partial charge in [0.05, 0.1) is 37.1 Å². The molecule has 5 atom stereocenters. The number of aliphatic hydroxyl groups is 1. The van der Waals surface area contributed by atoms with E-state index in [4.69, 9.17) is 22.3 Å². The molecule has 5 unspecified atom stereocenters. The normalized spacial score (nSPS) is 22.5. The van der Waals surface area contributed by atoms with Crippen molar-refractivity contribution in [3.8, 4) is 0 Å².